The maximum atomic E-state index is 10.2. The smallest absolute Gasteiger partial charge is 0.119 e. The Morgan fingerprint density at radius 2 is 2.00 bits per heavy atom. The van der Waals surface area contributed by atoms with Crippen LogP contribution in [-0.2, 0) is 6.54 Å². The molecule has 0 fully saturated rings. The molecule has 126 valence electrons. The molecule has 0 amide bonds. The van der Waals surface area contributed by atoms with Gasteiger partial charge < -0.3 is 15.2 Å². The molecule has 0 spiro atoms. The molecule has 1 unspecified atom stereocenters. The Morgan fingerprint density at radius 1 is 1.21 bits per heavy atom. The third-order valence-electron chi connectivity index (χ3n) is 3.52. The molecule has 0 aliphatic carbocycles. The number of hydrogen-bond acceptors (Lipinski definition) is 4. The largest absolute Gasteiger partial charge is 0.494 e. The van der Waals surface area contributed by atoms with Gasteiger partial charge in [-0.25, -0.2) is 0 Å². The SMILES string of the molecule is N#CCCCOc1cccc(CNCC(O)c2ccc(Cl)cc2)c1. The summed E-state index contributed by atoms with van der Waals surface area (Å²) >= 11 is 5.84. The van der Waals surface area contributed by atoms with Crippen molar-refractivity contribution in [2.24, 2.45) is 0 Å². The van der Waals surface area contributed by atoms with Crippen molar-refractivity contribution in [1.82, 2.24) is 5.32 Å². The van der Waals surface area contributed by atoms with E-state index in [1.54, 1.807) is 12.1 Å². The highest BCUT2D eigenvalue weighted by atomic mass is 35.5. The molecule has 2 rings (SSSR count). The van der Waals surface area contributed by atoms with Gasteiger partial charge in [-0.1, -0.05) is 35.9 Å². The summed E-state index contributed by atoms with van der Waals surface area (Å²) in [6.45, 7) is 1.63. The summed E-state index contributed by atoms with van der Waals surface area (Å²) in [5.74, 6) is 0.797. The average Bonchev–Trinajstić information content (AvgIpc) is 2.60. The van der Waals surface area contributed by atoms with Crippen LogP contribution < -0.4 is 10.1 Å². The van der Waals surface area contributed by atoms with Crippen molar-refractivity contribution in [2.45, 2.75) is 25.5 Å². The van der Waals surface area contributed by atoms with Crippen LogP contribution in [0, 0.1) is 11.3 Å². The Hall–Kier alpha value is -2.06. The molecule has 0 saturated carbocycles. The Morgan fingerprint density at radius 3 is 2.75 bits per heavy atom. The second-order valence-electron chi connectivity index (χ2n) is 5.46. The first kappa shape index (κ1) is 18.3. The second-order valence-corrected chi connectivity index (χ2v) is 5.89. The van der Waals surface area contributed by atoms with E-state index < -0.39 is 6.10 Å². The van der Waals surface area contributed by atoms with Crippen LogP contribution in [-0.4, -0.2) is 18.3 Å². The number of nitrogens with one attached hydrogen (secondary N) is 1. The van der Waals surface area contributed by atoms with Gasteiger partial charge in [0.25, 0.3) is 0 Å². The van der Waals surface area contributed by atoms with Crippen LogP contribution in [0.25, 0.3) is 0 Å². The summed E-state index contributed by atoms with van der Waals surface area (Å²) < 4.78 is 5.62. The van der Waals surface area contributed by atoms with Crippen LogP contribution in [0.3, 0.4) is 0 Å². The number of rotatable bonds is 9. The van der Waals surface area contributed by atoms with E-state index >= 15 is 0 Å². The highest BCUT2D eigenvalue weighted by Crippen LogP contribution is 2.17. The molecule has 4 nitrogen and oxygen atoms in total. The summed E-state index contributed by atoms with van der Waals surface area (Å²) in [7, 11) is 0. The molecule has 0 bridgehead atoms. The van der Waals surface area contributed by atoms with Crippen molar-refractivity contribution in [3.8, 4) is 11.8 Å². The van der Waals surface area contributed by atoms with E-state index in [0.717, 1.165) is 23.3 Å². The number of aliphatic hydroxyl groups is 1. The third kappa shape index (κ3) is 6.21. The minimum Gasteiger partial charge on any atom is -0.494 e. The number of nitrogens with zero attached hydrogens (tertiary/aromatic N) is 1. The molecule has 2 N–H and O–H groups in total. The number of aliphatic hydroxyl groups excluding tert-OH is 1. The lowest BCUT2D eigenvalue weighted by Crippen LogP contribution is -2.21. The van der Waals surface area contributed by atoms with Crippen molar-refractivity contribution in [3.63, 3.8) is 0 Å². The van der Waals surface area contributed by atoms with Crippen LogP contribution in [0.2, 0.25) is 5.02 Å². The van der Waals surface area contributed by atoms with Gasteiger partial charge in [0.1, 0.15) is 5.75 Å². The van der Waals surface area contributed by atoms with Gasteiger partial charge in [-0.15, -0.1) is 0 Å². The van der Waals surface area contributed by atoms with Gasteiger partial charge in [0, 0.05) is 24.5 Å². The molecule has 2 aromatic carbocycles. The van der Waals surface area contributed by atoms with Crippen LogP contribution >= 0.6 is 11.6 Å². The van der Waals surface area contributed by atoms with Gasteiger partial charge in [-0.3, -0.25) is 0 Å². The minimum absolute atomic E-state index is 0.453. The number of halogens is 1. The van der Waals surface area contributed by atoms with Gasteiger partial charge in [0.2, 0.25) is 0 Å². The normalized spacial score (nSPS) is 11.7. The summed E-state index contributed by atoms with van der Waals surface area (Å²) in [6, 6.07) is 17.1. The lowest BCUT2D eigenvalue weighted by molar-refractivity contribution is 0.174. The molecule has 0 heterocycles. The summed E-state index contributed by atoms with van der Waals surface area (Å²) in [6.07, 6.45) is 0.656. The van der Waals surface area contributed by atoms with Crippen molar-refractivity contribution in [1.29, 1.82) is 5.26 Å². The first-order valence-electron chi connectivity index (χ1n) is 7.92. The monoisotopic (exact) mass is 344 g/mol. The highest BCUT2D eigenvalue weighted by molar-refractivity contribution is 6.30. The molecule has 0 radical (unpaired) electrons. The number of nitriles is 1. The van der Waals surface area contributed by atoms with Crippen molar-refractivity contribution < 1.29 is 9.84 Å². The fourth-order valence-corrected chi connectivity index (χ4v) is 2.37. The van der Waals surface area contributed by atoms with Gasteiger partial charge in [-0.05, 0) is 41.8 Å². The van der Waals surface area contributed by atoms with E-state index in [1.807, 2.05) is 36.4 Å². The zero-order valence-electron chi connectivity index (χ0n) is 13.4. The zero-order valence-corrected chi connectivity index (χ0v) is 14.2. The maximum Gasteiger partial charge on any atom is 0.119 e. The molecular weight excluding hydrogens is 324 g/mol. The molecule has 0 aliphatic rings. The van der Waals surface area contributed by atoms with Crippen molar-refractivity contribution >= 4 is 11.6 Å². The fraction of sp³-hybridized carbons (Fsp3) is 0.316. The predicted molar refractivity (Wildman–Crippen MR) is 94.9 cm³/mol. The Labute approximate surface area is 147 Å². The average molecular weight is 345 g/mol. The number of ether oxygens (including phenoxy) is 1. The lowest BCUT2D eigenvalue weighted by atomic mass is 10.1. The van der Waals surface area contributed by atoms with Gasteiger partial charge in [0.05, 0.1) is 18.8 Å². The van der Waals surface area contributed by atoms with Crippen LogP contribution in [0.15, 0.2) is 48.5 Å². The minimum atomic E-state index is -0.576. The lowest BCUT2D eigenvalue weighted by Gasteiger charge is -2.13. The Bertz CT molecular complexity index is 668. The number of benzene rings is 2. The second kappa shape index (κ2) is 9.94. The molecule has 0 saturated heterocycles. The highest BCUT2D eigenvalue weighted by Gasteiger charge is 2.07. The van der Waals surface area contributed by atoms with Gasteiger partial charge in [-0.2, -0.15) is 5.26 Å². The summed E-state index contributed by atoms with van der Waals surface area (Å²) in [4.78, 5) is 0. The van der Waals surface area contributed by atoms with E-state index in [9.17, 15) is 5.11 Å². The molecule has 5 heteroatoms. The third-order valence-corrected chi connectivity index (χ3v) is 3.77. The molecule has 0 aliphatic heterocycles. The first-order valence-corrected chi connectivity index (χ1v) is 8.30. The Kier molecular flexibility index (Phi) is 7.57. The van der Waals surface area contributed by atoms with Gasteiger partial charge in [0.15, 0.2) is 0 Å². The predicted octanol–water partition coefficient (Wildman–Crippen LogP) is 3.85. The molecule has 1 atom stereocenters. The Balaban J connectivity index is 1.77. The van der Waals surface area contributed by atoms with E-state index in [4.69, 9.17) is 21.6 Å². The molecule has 2 aromatic rings. The topological polar surface area (TPSA) is 65.3 Å². The van der Waals surface area contributed by atoms with Crippen LogP contribution in [0.1, 0.15) is 30.1 Å². The van der Waals surface area contributed by atoms with Crippen molar-refractivity contribution in [2.75, 3.05) is 13.2 Å². The van der Waals surface area contributed by atoms with Crippen molar-refractivity contribution in [3.05, 3.63) is 64.7 Å². The van der Waals surface area contributed by atoms with E-state index in [0.29, 0.717) is 31.1 Å². The molecule has 0 aromatic heterocycles. The quantitative estimate of drug-likeness (QED) is 0.678. The van der Waals surface area contributed by atoms with E-state index in [1.165, 1.54) is 0 Å². The molecular formula is C19H21ClN2O2. The molecule has 24 heavy (non-hydrogen) atoms. The first-order chi connectivity index (χ1) is 11.7. The van der Waals surface area contributed by atoms with Crippen LogP contribution in [0.5, 0.6) is 5.75 Å². The van der Waals surface area contributed by atoms with Gasteiger partial charge >= 0.3 is 0 Å². The number of unbranched alkanes of at least 4 members (excludes halogenated alkanes) is 1. The fourth-order valence-electron chi connectivity index (χ4n) is 2.24. The number of hydrogen-bond donors (Lipinski definition) is 2. The standard InChI is InChI=1S/C19H21ClN2O2/c20-17-8-6-16(7-9-17)19(23)14-22-13-15-4-3-5-18(12-15)24-11-2-1-10-21/h3-9,12,19,22-23H,1-2,11,13-14H2. The van der Waals surface area contributed by atoms with Crippen LogP contribution in [0.4, 0.5) is 0 Å². The summed E-state index contributed by atoms with van der Waals surface area (Å²) in [5, 5.41) is 22.6. The maximum absolute atomic E-state index is 10.2. The summed E-state index contributed by atoms with van der Waals surface area (Å²) in [5.41, 5.74) is 1.91. The zero-order chi connectivity index (χ0) is 17.2. The van der Waals surface area contributed by atoms with E-state index in [2.05, 4.69) is 11.4 Å². The van der Waals surface area contributed by atoms with E-state index in [-0.39, 0.29) is 0 Å².